The van der Waals surface area contributed by atoms with E-state index >= 15 is 0 Å². The van der Waals surface area contributed by atoms with E-state index in [1.165, 1.54) is 283 Å². The van der Waals surface area contributed by atoms with Crippen molar-refractivity contribution in [3.8, 4) is 0 Å². The Labute approximate surface area is 600 Å². The minimum Gasteiger partial charge on any atom is -0.394 e. The van der Waals surface area contributed by atoms with Gasteiger partial charge in [-0.15, -0.1) is 0 Å². The zero-order chi connectivity index (χ0) is 70.8. The monoisotopic (exact) mass is 1390 g/mol. The lowest BCUT2D eigenvalue weighted by Crippen LogP contribution is -2.65. The van der Waals surface area contributed by atoms with E-state index in [1.54, 1.807) is 6.08 Å². The molecule has 14 nitrogen and oxygen atoms in total. The summed E-state index contributed by atoms with van der Waals surface area (Å²) in [6, 6.07) is -0.917. The van der Waals surface area contributed by atoms with Gasteiger partial charge in [0.15, 0.2) is 12.6 Å². The predicted molar refractivity (Wildman–Crippen MR) is 406 cm³/mol. The van der Waals surface area contributed by atoms with Crippen LogP contribution in [-0.4, -0.2) is 140 Å². The van der Waals surface area contributed by atoms with E-state index in [-0.39, 0.29) is 18.9 Å². The molecule has 98 heavy (non-hydrogen) atoms. The summed E-state index contributed by atoms with van der Waals surface area (Å²) in [4.78, 5) is 13.4. The Balaban J connectivity index is 1.59. The molecule has 2 saturated heterocycles. The Hall–Kier alpha value is -2.31. The summed E-state index contributed by atoms with van der Waals surface area (Å²) >= 11 is 0. The van der Waals surface area contributed by atoms with Crippen LogP contribution in [0, 0.1) is 0 Å². The molecule has 2 aliphatic rings. The largest absolute Gasteiger partial charge is 0.394 e. The average Bonchev–Trinajstić information content (AvgIpc) is 0.797. The molecule has 12 unspecified atom stereocenters. The second kappa shape index (κ2) is 67.8. The standard InChI is InChI=1S/C84H155NO13/c1-3-5-7-9-11-13-15-17-19-21-23-25-27-29-31-33-34-35-36-37-38-40-42-44-46-48-50-52-54-56-58-60-62-64-66-68-76(89)85-72(71-95-83-81(94)79(92)82(75(70-87)97-83)98-84-80(93)78(91)77(90)74(69-86)96-84)73(88)67-65-63-61-59-57-55-53-51-49-47-45-43-41-39-32-30-28-26-24-22-20-18-16-14-12-10-8-6-4-2/h5,7,11,13,17,19,23,25,65,67,72-75,77-84,86-88,90-94H,3-4,6,8-10,12,14-16,18,20-22,24,26-64,66,68-71H2,1-2H3,(H,85,89)/b7-5-,13-11-,19-17-,25-23-,67-65+. The first-order chi connectivity index (χ1) is 48.1. The molecule has 574 valence electrons. The number of aliphatic hydroxyl groups is 8. The molecule has 0 aliphatic carbocycles. The van der Waals surface area contributed by atoms with Crippen LogP contribution < -0.4 is 5.32 Å². The fourth-order valence-electron chi connectivity index (χ4n) is 13.7. The minimum atomic E-state index is -1.79. The summed E-state index contributed by atoms with van der Waals surface area (Å²) in [5.74, 6) is -0.232. The van der Waals surface area contributed by atoms with Gasteiger partial charge in [-0.05, 0) is 57.8 Å². The first kappa shape index (κ1) is 91.8. The lowest BCUT2D eigenvalue weighted by Gasteiger charge is -2.46. The third-order valence-electron chi connectivity index (χ3n) is 20.2. The summed E-state index contributed by atoms with van der Waals surface area (Å²) in [7, 11) is 0. The van der Waals surface area contributed by atoms with E-state index < -0.39 is 86.8 Å². The van der Waals surface area contributed by atoms with Crippen LogP contribution >= 0.6 is 0 Å². The van der Waals surface area contributed by atoms with Gasteiger partial charge in [0, 0.05) is 6.42 Å². The highest BCUT2D eigenvalue weighted by Crippen LogP contribution is 2.30. The SMILES string of the molecule is CC/C=C\C/C=C\C/C=C\C/C=C\CCCCCCCCCCCCCCCCCCCCCCCCC(=O)NC(COC1OC(CO)C(OC2OC(CO)C(O)C(O)C2O)C(O)C1O)C(O)/C=C/CCCCCCCCCCCCCCCCCCCCCCCCCCCCC. The van der Waals surface area contributed by atoms with Gasteiger partial charge in [0.2, 0.25) is 5.91 Å². The number of hydrogen-bond donors (Lipinski definition) is 9. The summed E-state index contributed by atoms with van der Waals surface area (Å²) in [6.07, 6.45) is 76.0. The van der Waals surface area contributed by atoms with Gasteiger partial charge in [0.05, 0.1) is 32.0 Å². The maximum Gasteiger partial charge on any atom is 0.220 e. The Bertz CT molecular complexity index is 1880. The molecule has 0 spiro atoms. The minimum absolute atomic E-state index is 0.232. The highest BCUT2D eigenvalue weighted by Gasteiger charge is 2.51. The maximum absolute atomic E-state index is 13.4. The molecule has 1 amide bonds. The molecule has 9 N–H and O–H groups in total. The van der Waals surface area contributed by atoms with Gasteiger partial charge in [-0.2, -0.15) is 0 Å². The molecule has 0 aromatic carbocycles. The summed E-state index contributed by atoms with van der Waals surface area (Å²) < 4.78 is 22.9. The van der Waals surface area contributed by atoms with Crippen molar-refractivity contribution in [1.29, 1.82) is 0 Å². The van der Waals surface area contributed by atoms with E-state index in [0.717, 1.165) is 64.2 Å². The Kier molecular flexibility index (Phi) is 63.5. The normalized spacial score (nSPS) is 22.3. The van der Waals surface area contributed by atoms with Gasteiger partial charge in [-0.25, -0.2) is 0 Å². The van der Waals surface area contributed by atoms with Gasteiger partial charge >= 0.3 is 0 Å². The van der Waals surface area contributed by atoms with Crippen molar-refractivity contribution in [3.05, 3.63) is 60.8 Å². The van der Waals surface area contributed by atoms with Crippen molar-refractivity contribution in [2.45, 2.75) is 447 Å². The number of amides is 1. The Morgan fingerprint density at radius 1 is 0.378 bits per heavy atom. The third kappa shape index (κ3) is 50.2. The van der Waals surface area contributed by atoms with Crippen molar-refractivity contribution in [2.24, 2.45) is 0 Å². The van der Waals surface area contributed by atoms with Gasteiger partial charge in [-0.1, -0.05) is 370 Å². The van der Waals surface area contributed by atoms with Crippen LogP contribution in [-0.2, 0) is 23.7 Å². The number of carbonyl (C=O) groups is 1. The van der Waals surface area contributed by atoms with Gasteiger partial charge in [-0.3, -0.25) is 4.79 Å². The molecule has 0 radical (unpaired) electrons. The van der Waals surface area contributed by atoms with Crippen LogP contribution in [0.25, 0.3) is 0 Å². The molecule has 0 saturated carbocycles. The Morgan fingerprint density at radius 3 is 1.08 bits per heavy atom. The van der Waals surface area contributed by atoms with Crippen molar-refractivity contribution < 1.29 is 64.6 Å². The smallest absolute Gasteiger partial charge is 0.220 e. The molecular formula is C84H155NO13. The predicted octanol–water partition coefficient (Wildman–Crippen LogP) is 19.1. The number of hydrogen-bond acceptors (Lipinski definition) is 13. The van der Waals surface area contributed by atoms with E-state index in [1.807, 2.05) is 6.08 Å². The molecule has 2 heterocycles. The topological polar surface area (TPSA) is 228 Å². The van der Waals surface area contributed by atoms with Gasteiger partial charge in [0.25, 0.3) is 0 Å². The van der Waals surface area contributed by atoms with Crippen LogP contribution in [0.1, 0.15) is 373 Å². The zero-order valence-corrected chi connectivity index (χ0v) is 63.0. The molecule has 2 rings (SSSR count). The van der Waals surface area contributed by atoms with Crippen LogP contribution in [0.3, 0.4) is 0 Å². The average molecular weight is 1390 g/mol. The number of aliphatic hydroxyl groups excluding tert-OH is 8. The highest BCUT2D eigenvalue weighted by molar-refractivity contribution is 5.76. The fourth-order valence-corrected chi connectivity index (χ4v) is 13.7. The van der Waals surface area contributed by atoms with Crippen LogP contribution in [0.15, 0.2) is 60.8 Å². The van der Waals surface area contributed by atoms with E-state index in [9.17, 15) is 45.6 Å². The number of unbranched alkanes of at least 4 members (excludes halogenated alkanes) is 49. The van der Waals surface area contributed by atoms with Crippen molar-refractivity contribution in [2.75, 3.05) is 19.8 Å². The third-order valence-corrected chi connectivity index (χ3v) is 20.2. The number of carbonyl (C=O) groups excluding carboxylic acids is 1. The van der Waals surface area contributed by atoms with Crippen LogP contribution in [0.5, 0.6) is 0 Å². The van der Waals surface area contributed by atoms with Gasteiger partial charge < -0.3 is 65.1 Å². The number of nitrogens with one attached hydrogen (secondary N) is 1. The zero-order valence-electron chi connectivity index (χ0n) is 63.0. The van der Waals surface area contributed by atoms with Gasteiger partial charge in [0.1, 0.15) is 48.8 Å². The number of allylic oxidation sites excluding steroid dienone is 9. The second-order valence-corrected chi connectivity index (χ2v) is 29.2. The lowest BCUT2D eigenvalue weighted by molar-refractivity contribution is -0.359. The van der Waals surface area contributed by atoms with Crippen LogP contribution in [0.2, 0.25) is 0 Å². The first-order valence-electron chi connectivity index (χ1n) is 41.5. The molecule has 2 fully saturated rings. The summed E-state index contributed by atoms with van der Waals surface area (Å²) in [5.41, 5.74) is 0. The number of ether oxygens (including phenoxy) is 4. The Morgan fingerprint density at radius 2 is 0.704 bits per heavy atom. The molecule has 14 heteroatoms. The maximum atomic E-state index is 13.4. The summed E-state index contributed by atoms with van der Waals surface area (Å²) in [5, 5.41) is 87.8. The number of rotatable bonds is 70. The lowest BCUT2D eigenvalue weighted by atomic mass is 9.97. The molecular weight excluding hydrogens is 1230 g/mol. The van der Waals surface area contributed by atoms with Crippen molar-refractivity contribution in [3.63, 3.8) is 0 Å². The van der Waals surface area contributed by atoms with E-state index in [4.69, 9.17) is 18.9 Å². The fraction of sp³-hybridized carbons (Fsp3) is 0.869. The van der Waals surface area contributed by atoms with Crippen molar-refractivity contribution >= 4 is 5.91 Å². The molecule has 0 aromatic heterocycles. The molecule has 2 aliphatic heterocycles. The van der Waals surface area contributed by atoms with E-state index in [2.05, 4.69) is 67.8 Å². The molecule has 12 atom stereocenters. The van der Waals surface area contributed by atoms with E-state index in [0.29, 0.717) is 6.42 Å². The van der Waals surface area contributed by atoms with Crippen LogP contribution in [0.4, 0.5) is 0 Å². The quantitative estimate of drug-likeness (QED) is 0.0204. The molecule has 0 bridgehead atoms. The summed E-state index contributed by atoms with van der Waals surface area (Å²) in [6.45, 7) is 2.75. The van der Waals surface area contributed by atoms with Crippen molar-refractivity contribution in [1.82, 2.24) is 5.32 Å². The second-order valence-electron chi connectivity index (χ2n) is 29.2. The molecule has 0 aromatic rings. The first-order valence-corrected chi connectivity index (χ1v) is 41.5. The highest BCUT2D eigenvalue weighted by atomic mass is 16.7.